The van der Waals surface area contributed by atoms with Crippen molar-refractivity contribution in [2.24, 2.45) is 5.73 Å². The first-order valence-electron chi connectivity index (χ1n) is 9.22. The Morgan fingerprint density at radius 2 is 1.93 bits per heavy atom. The first kappa shape index (κ1) is 20.7. The van der Waals surface area contributed by atoms with Crippen LogP contribution in [0.25, 0.3) is 11.6 Å². The highest BCUT2D eigenvalue weighted by Gasteiger charge is 2.22. The lowest BCUT2D eigenvalue weighted by molar-refractivity contribution is -0.118. The van der Waals surface area contributed by atoms with Gasteiger partial charge in [-0.25, -0.2) is 0 Å². The van der Waals surface area contributed by atoms with Gasteiger partial charge in [-0.05, 0) is 38.1 Å². The van der Waals surface area contributed by atoms with Crippen LogP contribution < -0.4 is 10.6 Å². The number of nitrogens with zero attached hydrogens (tertiary/aromatic N) is 4. The maximum absolute atomic E-state index is 12.9. The number of carbonyl (C=O) groups is 2. The average molecular weight is 414 g/mol. The summed E-state index contributed by atoms with van der Waals surface area (Å²) in [7, 11) is 0. The standard InChI is InChI=1S/C20H23N5O3S/c1-14(2)25(15-7-4-3-5-8-15)18(27)13-29-20-23-22-19(16-9-6-12-28-16)24(20)11-10-17(21)26/h3-9,12,14H,10-11,13H2,1-2H3,(H2,21,26). The summed E-state index contributed by atoms with van der Waals surface area (Å²) < 4.78 is 7.16. The van der Waals surface area contributed by atoms with Crippen molar-refractivity contribution in [1.29, 1.82) is 0 Å². The lowest BCUT2D eigenvalue weighted by Crippen LogP contribution is -2.38. The highest BCUT2D eigenvalue weighted by atomic mass is 32.2. The van der Waals surface area contributed by atoms with Gasteiger partial charge in [0.25, 0.3) is 0 Å². The first-order valence-corrected chi connectivity index (χ1v) is 10.2. The minimum atomic E-state index is -0.425. The van der Waals surface area contributed by atoms with E-state index < -0.39 is 5.91 Å². The van der Waals surface area contributed by atoms with Crippen molar-refractivity contribution in [2.75, 3.05) is 10.7 Å². The third-order valence-electron chi connectivity index (χ3n) is 4.18. The van der Waals surface area contributed by atoms with E-state index >= 15 is 0 Å². The van der Waals surface area contributed by atoms with Crippen LogP contribution in [0.1, 0.15) is 20.3 Å². The molecule has 0 fully saturated rings. The Hall–Kier alpha value is -3.07. The van der Waals surface area contributed by atoms with Crippen molar-refractivity contribution in [2.45, 2.75) is 38.0 Å². The summed E-state index contributed by atoms with van der Waals surface area (Å²) in [5, 5.41) is 8.90. The Labute approximate surface area is 173 Å². The van der Waals surface area contributed by atoms with E-state index in [1.54, 1.807) is 27.9 Å². The van der Waals surface area contributed by atoms with Crippen LogP contribution in [0.15, 0.2) is 58.3 Å². The molecule has 8 nitrogen and oxygen atoms in total. The predicted octanol–water partition coefficient (Wildman–Crippen LogP) is 2.95. The zero-order valence-electron chi connectivity index (χ0n) is 16.3. The second-order valence-corrected chi connectivity index (χ2v) is 7.58. The van der Waals surface area contributed by atoms with E-state index in [-0.39, 0.29) is 24.1 Å². The van der Waals surface area contributed by atoms with Crippen molar-refractivity contribution < 1.29 is 14.0 Å². The molecule has 29 heavy (non-hydrogen) atoms. The summed E-state index contributed by atoms with van der Waals surface area (Å²) in [5.41, 5.74) is 6.15. The molecule has 9 heteroatoms. The molecule has 0 unspecified atom stereocenters. The topological polar surface area (TPSA) is 107 Å². The summed E-state index contributed by atoms with van der Waals surface area (Å²) >= 11 is 1.27. The fourth-order valence-electron chi connectivity index (χ4n) is 2.92. The Kier molecular flexibility index (Phi) is 6.71. The number of hydrogen-bond donors (Lipinski definition) is 1. The van der Waals surface area contributed by atoms with E-state index in [4.69, 9.17) is 10.2 Å². The molecule has 0 spiro atoms. The molecule has 2 heterocycles. The van der Waals surface area contributed by atoms with Crippen LogP contribution in [0.5, 0.6) is 0 Å². The van der Waals surface area contributed by atoms with E-state index in [1.165, 1.54) is 11.8 Å². The number of nitrogens with two attached hydrogens (primary N) is 1. The molecule has 0 saturated carbocycles. The molecule has 0 radical (unpaired) electrons. The Morgan fingerprint density at radius 3 is 2.55 bits per heavy atom. The molecule has 0 aliphatic carbocycles. The van der Waals surface area contributed by atoms with Gasteiger partial charge in [-0.15, -0.1) is 10.2 Å². The van der Waals surface area contributed by atoms with Crippen LogP contribution in [0.2, 0.25) is 0 Å². The van der Waals surface area contributed by atoms with Crippen molar-refractivity contribution in [1.82, 2.24) is 14.8 Å². The Balaban J connectivity index is 1.78. The van der Waals surface area contributed by atoms with Gasteiger partial charge >= 0.3 is 0 Å². The van der Waals surface area contributed by atoms with Crippen molar-refractivity contribution in [3.63, 3.8) is 0 Å². The quantitative estimate of drug-likeness (QED) is 0.541. The predicted molar refractivity (Wildman–Crippen MR) is 111 cm³/mol. The van der Waals surface area contributed by atoms with Gasteiger partial charge in [0.15, 0.2) is 16.7 Å². The van der Waals surface area contributed by atoms with Gasteiger partial charge in [0.2, 0.25) is 11.8 Å². The molecule has 3 rings (SSSR count). The second kappa shape index (κ2) is 9.42. The maximum atomic E-state index is 12.9. The van der Waals surface area contributed by atoms with Crippen LogP contribution in [0.4, 0.5) is 5.69 Å². The monoisotopic (exact) mass is 413 g/mol. The van der Waals surface area contributed by atoms with Gasteiger partial charge in [0, 0.05) is 24.7 Å². The summed E-state index contributed by atoms with van der Waals surface area (Å²) in [4.78, 5) is 25.9. The largest absolute Gasteiger partial charge is 0.461 e. The van der Waals surface area contributed by atoms with Crippen LogP contribution in [0, 0.1) is 0 Å². The molecule has 0 aliphatic heterocycles. The molecule has 2 amide bonds. The molecule has 1 aromatic carbocycles. The molecule has 3 aromatic rings. The van der Waals surface area contributed by atoms with Crippen LogP contribution in [-0.4, -0.2) is 38.4 Å². The van der Waals surface area contributed by atoms with Gasteiger partial charge in [-0.2, -0.15) is 0 Å². The number of benzene rings is 1. The highest BCUT2D eigenvalue weighted by molar-refractivity contribution is 7.99. The summed E-state index contributed by atoms with van der Waals surface area (Å²) in [6.07, 6.45) is 1.68. The molecular formula is C20H23N5O3S. The van der Waals surface area contributed by atoms with Crippen molar-refractivity contribution in [3.05, 3.63) is 48.7 Å². The van der Waals surface area contributed by atoms with E-state index in [1.807, 2.05) is 44.2 Å². The van der Waals surface area contributed by atoms with Crippen LogP contribution in [0.3, 0.4) is 0 Å². The number of hydrogen-bond acceptors (Lipinski definition) is 6. The fourth-order valence-corrected chi connectivity index (χ4v) is 3.75. The average Bonchev–Trinajstić information content (AvgIpc) is 3.35. The van der Waals surface area contributed by atoms with E-state index in [9.17, 15) is 9.59 Å². The van der Waals surface area contributed by atoms with E-state index in [0.29, 0.717) is 23.3 Å². The summed E-state index contributed by atoms with van der Waals surface area (Å²) in [6, 6.07) is 13.1. The molecule has 0 saturated heterocycles. The molecule has 0 bridgehead atoms. The highest BCUT2D eigenvalue weighted by Crippen LogP contribution is 2.26. The minimum Gasteiger partial charge on any atom is -0.461 e. The normalized spacial score (nSPS) is 11.0. The summed E-state index contributed by atoms with van der Waals surface area (Å²) in [6.45, 7) is 4.25. The zero-order valence-corrected chi connectivity index (χ0v) is 17.1. The lowest BCUT2D eigenvalue weighted by Gasteiger charge is -2.26. The Bertz CT molecular complexity index is 954. The van der Waals surface area contributed by atoms with Crippen LogP contribution >= 0.6 is 11.8 Å². The molecular weight excluding hydrogens is 390 g/mol. The third kappa shape index (κ3) is 5.05. The van der Waals surface area contributed by atoms with Gasteiger partial charge in [-0.3, -0.25) is 14.2 Å². The van der Waals surface area contributed by atoms with E-state index in [2.05, 4.69) is 10.2 Å². The number of aromatic nitrogens is 3. The Morgan fingerprint density at radius 1 is 1.17 bits per heavy atom. The zero-order chi connectivity index (χ0) is 20.8. The lowest BCUT2D eigenvalue weighted by atomic mass is 10.2. The number of thioether (sulfide) groups is 1. The SMILES string of the molecule is CC(C)N(C(=O)CSc1nnc(-c2ccco2)n1CCC(N)=O)c1ccccc1. The van der Waals surface area contributed by atoms with Gasteiger partial charge < -0.3 is 15.1 Å². The fraction of sp³-hybridized carbons (Fsp3) is 0.300. The molecule has 2 N–H and O–H groups in total. The number of primary amides is 1. The van der Waals surface area contributed by atoms with Gasteiger partial charge in [0.05, 0.1) is 12.0 Å². The van der Waals surface area contributed by atoms with Crippen LogP contribution in [-0.2, 0) is 16.1 Å². The second-order valence-electron chi connectivity index (χ2n) is 6.63. The minimum absolute atomic E-state index is 0.0110. The molecule has 0 aliphatic rings. The third-order valence-corrected chi connectivity index (χ3v) is 5.14. The number of rotatable bonds is 9. The first-order chi connectivity index (χ1) is 14.0. The van der Waals surface area contributed by atoms with Gasteiger partial charge in [-0.1, -0.05) is 30.0 Å². The summed E-state index contributed by atoms with van der Waals surface area (Å²) in [5.74, 6) is 0.745. The van der Waals surface area contributed by atoms with Gasteiger partial charge in [0.1, 0.15) is 0 Å². The molecule has 152 valence electrons. The number of furan rings is 1. The smallest absolute Gasteiger partial charge is 0.237 e. The molecule has 0 atom stereocenters. The number of amides is 2. The molecule has 2 aromatic heterocycles. The maximum Gasteiger partial charge on any atom is 0.237 e. The van der Waals surface area contributed by atoms with E-state index in [0.717, 1.165) is 5.69 Å². The van der Waals surface area contributed by atoms with Crippen molar-refractivity contribution >= 4 is 29.3 Å². The number of para-hydroxylation sites is 1. The number of anilines is 1. The number of carbonyl (C=O) groups excluding carboxylic acids is 2. The van der Waals surface area contributed by atoms with Crippen molar-refractivity contribution in [3.8, 4) is 11.6 Å².